The topological polar surface area (TPSA) is 26.3 Å². The first-order valence-electron chi connectivity index (χ1n) is 3.75. The molecule has 0 amide bonds. The van der Waals surface area contributed by atoms with E-state index in [1.165, 1.54) is 0 Å². The van der Waals surface area contributed by atoms with Gasteiger partial charge in [0, 0.05) is 6.08 Å². The van der Waals surface area contributed by atoms with Gasteiger partial charge in [-0.15, -0.1) is 0 Å². The minimum atomic E-state index is -2.03. The van der Waals surface area contributed by atoms with Crippen molar-refractivity contribution in [3.05, 3.63) is 40.9 Å². The zero-order chi connectivity index (χ0) is 12.5. The summed E-state index contributed by atoms with van der Waals surface area (Å²) in [6.07, 6.45) is 0.591. The van der Waals surface area contributed by atoms with Crippen molar-refractivity contribution in [1.29, 1.82) is 0 Å². The van der Waals surface area contributed by atoms with Crippen molar-refractivity contribution >= 4 is 17.6 Å². The second-order valence-electron chi connectivity index (χ2n) is 2.52. The zero-order valence-corrected chi connectivity index (χ0v) is 8.25. The Morgan fingerprint density at radius 1 is 1.12 bits per heavy atom. The van der Waals surface area contributed by atoms with Gasteiger partial charge in [0.2, 0.25) is 11.6 Å². The molecule has 0 radical (unpaired) electrons. The first-order chi connectivity index (χ1) is 7.40. The number of hydrogen-bond acceptors (Lipinski definition) is 2. The molecular formula is C9H3ClF4O2. The molecular weight excluding hydrogens is 252 g/mol. The minimum Gasteiger partial charge on any atom is -0.417 e. The molecule has 0 unspecified atom stereocenters. The number of halogens is 5. The van der Waals surface area contributed by atoms with Gasteiger partial charge in [-0.25, -0.2) is 18.0 Å². The second-order valence-corrected chi connectivity index (χ2v) is 2.90. The molecule has 7 heteroatoms. The summed E-state index contributed by atoms with van der Waals surface area (Å²) in [5.74, 6) is -10.2. The molecule has 0 aliphatic carbocycles. The first-order valence-corrected chi connectivity index (χ1v) is 4.13. The van der Waals surface area contributed by atoms with Gasteiger partial charge in [-0.05, 0) is 0 Å². The molecule has 2 nitrogen and oxygen atoms in total. The smallest absolute Gasteiger partial charge is 0.335 e. The Hall–Kier alpha value is -1.56. The third kappa shape index (κ3) is 2.01. The number of ether oxygens (including phenoxy) is 1. The van der Waals surface area contributed by atoms with E-state index in [9.17, 15) is 22.4 Å². The quantitative estimate of drug-likeness (QED) is 0.203. The van der Waals surface area contributed by atoms with Gasteiger partial charge in [0.05, 0.1) is 0 Å². The van der Waals surface area contributed by atoms with Gasteiger partial charge in [0.25, 0.3) is 0 Å². The average Bonchev–Trinajstić information content (AvgIpc) is 2.29. The van der Waals surface area contributed by atoms with Crippen LogP contribution in [-0.2, 0) is 4.79 Å². The summed E-state index contributed by atoms with van der Waals surface area (Å²) in [5.41, 5.74) is 0. The molecule has 0 spiro atoms. The molecule has 0 aliphatic rings. The summed E-state index contributed by atoms with van der Waals surface area (Å²) in [6, 6.07) is 0. The Labute approximate surface area is 92.1 Å². The first kappa shape index (κ1) is 12.5. The minimum absolute atomic E-state index is 0.591. The van der Waals surface area contributed by atoms with E-state index in [-0.39, 0.29) is 0 Å². The molecule has 0 saturated carbocycles. The van der Waals surface area contributed by atoms with E-state index in [1.54, 1.807) is 0 Å². The van der Waals surface area contributed by atoms with Crippen LogP contribution >= 0.6 is 11.6 Å². The van der Waals surface area contributed by atoms with Gasteiger partial charge >= 0.3 is 5.97 Å². The van der Waals surface area contributed by atoms with E-state index in [0.29, 0.717) is 6.08 Å². The van der Waals surface area contributed by atoms with E-state index in [4.69, 9.17) is 11.6 Å². The normalized spacial score (nSPS) is 10.1. The number of rotatable bonds is 2. The molecule has 1 aromatic carbocycles. The molecule has 1 rings (SSSR count). The molecule has 1 aromatic rings. The Balaban J connectivity index is 3.39. The van der Waals surface area contributed by atoms with Crippen LogP contribution < -0.4 is 4.74 Å². The molecule has 0 fully saturated rings. The molecule has 86 valence electrons. The molecule has 0 bridgehead atoms. The number of carbonyl (C=O) groups excluding carboxylic acids is 1. The Bertz CT molecular complexity index is 444. The Morgan fingerprint density at radius 3 is 2.19 bits per heavy atom. The standard InChI is InChI=1S/C9H3ClF4O2/c1-2-3(15)16-9-6(12)4(10)5(11)7(13)8(9)14/h2H,1H2. The number of hydrogen-bond donors (Lipinski definition) is 0. The Morgan fingerprint density at radius 2 is 1.69 bits per heavy atom. The van der Waals surface area contributed by atoms with Crippen molar-refractivity contribution in [2.75, 3.05) is 0 Å². The van der Waals surface area contributed by atoms with Crippen LogP contribution in [0.1, 0.15) is 0 Å². The molecule has 0 aromatic heterocycles. The van der Waals surface area contributed by atoms with Crippen molar-refractivity contribution in [2.45, 2.75) is 0 Å². The summed E-state index contributed by atoms with van der Waals surface area (Å²) < 4.78 is 55.6. The summed E-state index contributed by atoms with van der Waals surface area (Å²) in [4.78, 5) is 10.7. The molecule has 0 N–H and O–H groups in total. The van der Waals surface area contributed by atoms with Crippen LogP contribution in [0.5, 0.6) is 5.75 Å². The van der Waals surface area contributed by atoms with Gasteiger partial charge in [-0.3, -0.25) is 0 Å². The lowest BCUT2D eigenvalue weighted by Gasteiger charge is -2.07. The van der Waals surface area contributed by atoms with Gasteiger partial charge in [0.1, 0.15) is 5.02 Å². The summed E-state index contributed by atoms with van der Waals surface area (Å²) in [5, 5.41) is -1.30. The predicted octanol–water partition coefficient (Wildman–Crippen LogP) is 2.99. The van der Waals surface area contributed by atoms with Crippen LogP contribution in [0, 0.1) is 23.3 Å². The number of esters is 1. The van der Waals surface area contributed by atoms with Crippen LogP contribution in [-0.4, -0.2) is 5.97 Å². The van der Waals surface area contributed by atoms with Crippen LogP contribution in [0.4, 0.5) is 17.6 Å². The molecule has 16 heavy (non-hydrogen) atoms. The number of carbonyl (C=O) groups is 1. The van der Waals surface area contributed by atoms with E-state index < -0.39 is 40.0 Å². The molecule has 0 aliphatic heterocycles. The monoisotopic (exact) mass is 254 g/mol. The third-order valence-electron chi connectivity index (χ3n) is 1.54. The summed E-state index contributed by atoms with van der Waals surface area (Å²) in [7, 11) is 0. The maximum absolute atomic E-state index is 13.1. The summed E-state index contributed by atoms with van der Waals surface area (Å²) >= 11 is 5.01. The van der Waals surface area contributed by atoms with Crippen LogP contribution in [0.3, 0.4) is 0 Å². The highest BCUT2D eigenvalue weighted by Crippen LogP contribution is 2.33. The molecule has 0 heterocycles. The van der Waals surface area contributed by atoms with Crippen molar-refractivity contribution in [1.82, 2.24) is 0 Å². The average molecular weight is 255 g/mol. The highest BCUT2D eigenvalue weighted by molar-refractivity contribution is 6.31. The molecule has 0 saturated heterocycles. The van der Waals surface area contributed by atoms with Crippen molar-refractivity contribution < 1.29 is 27.1 Å². The maximum Gasteiger partial charge on any atom is 0.335 e. The fourth-order valence-electron chi connectivity index (χ4n) is 0.817. The van der Waals surface area contributed by atoms with Crippen LogP contribution in [0.25, 0.3) is 0 Å². The lowest BCUT2D eigenvalue weighted by Crippen LogP contribution is -2.09. The lowest BCUT2D eigenvalue weighted by atomic mass is 10.3. The van der Waals surface area contributed by atoms with Crippen molar-refractivity contribution in [3.8, 4) is 5.75 Å². The largest absolute Gasteiger partial charge is 0.417 e. The zero-order valence-electron chi connectivity index (χ0n) is 7.49. The summed E-state index contributed by atoms with van der Waals surface area (Å²) in [6.45, 7) is 2.96. The predicted molar refractivity (Wildman–Crippen MR) is 47.1 cm³/mol. The van der Waals surface area contributed by atoms with Gasteiger partial charge in [-0.2, -0.15) is 4.39 Å². The van der Waals surface area contributed by atoms with Gasteiger partial charge in [-0.1, -0.05) is 18.2 Å². The number of benzene rings is 1. The van der Waals surface area contributed by atoms with E-state index in [1.807, 2.05) is 0 Å². The van der Waals surface area contributed by atoms with E-state index in [2.05, 4.69) is 11.3 Å². The fourth-order valence-corrected chi connectivity index (χ4v) is 0.985. The van der Waals surface area contributed by atoms with Crippen LogP contribution in [0.15, 0.2) is 12.7 Å². The van der Waals surface area contributed by atoms with Gasteiger partial charge in [0.15, 0.2) is 17.5 Å². The second kappa shape index (κ2) is 4.52. The van der Waals surface area contributed by atoms with E-state index >= 15 is 0 Å². The lowest BCUT2D eigenvalue weighted by molar-refractivity contribution is -0.129. The third-order valence-corrected chi connectivity index (χ3v) is 1.87. The van der Waals surface area contributed by atoms with Crippen molar-refractivity contribution in [3.63, 3.8) is 0 Å². The maximum atomic E-state index is 13.1. The molecule has 0 atom stereocenters. The highest BCUT2D eigenvalue weighted by atomic mass is 35.5. The SMILES string of the molecule is C=CC(=O)Oc1c(F)c(F)c(F)c(Cl)c1F. The van der Waals surface area contributed by atoms with Gasteiger partial charge < -0.3 is 4.74 Å². The fraction of sp³-hybridized carbons (Fsp3) is 0. The Kier molecular flexibility index (Phi) is 3.54. The highest BCUT2D eigenvalue weighted by Gasteiger charge is 2.26. The van der Waals surface area contributed by atoms with E-state index in [0.717, 1.165) is 0 Å². The van der Waals surface area contributed by atoms with Crippen LogP contribution in [0.2, 0.25) is 5.02 Å². The van der Waals surface area contributed by atoms with Crippen molar-refractivity contribution in [2.24, 2.45) is 0 Å².